The molecule has 1 aromatic heterocycles. The van der Waals surface area contributed by atoms with Crippen molar-refractivity contribution < 1.29 is 4.74 Å². The van der Waals surface area contributed by atoms with Crippen molar-refractivity contribution in [2.45, 2.75) is 32.2 Å². The molecule has 90 valence electrons. The van der Waals surface area contributed by atoms with E-state index >= 15 is 0 Å². The minimum absolute atomic E-state index is 0.595. The Morgan fingerprint density at radius 1 is 1.47 bits per heavy atom. The molecule has 1 aliphatic carbocycles. The molecule has 0 amide bonds. The maximum atomic E-state index is 5.75. The molecule has 1 heterocycles. The number of aromatic amines is 1. The third-order valence-corrected chi connectivity index (χ3v) is 3.39. The van der Waals surface area contributed by atoms with Gasteiger partial charge >= 0.3 is 0 Å². The largest absolute Gasteiger partial charge is 0.491 e. The zero-order valence-corrected chi connectivity index (χ0v) is 10.7. The molecule has 1 aliphatic rings. The average molecular weight is 248 g/mol. The normalized spacial score (nSPS) is 15.4. The van der Waals surface area contributed by atoms with Crippen LogP contribution in [0.1, 0.15) is 32.2 Å². The number of fused-ring (bicyclic) bond motifs is 1. The minimum atomic E-state index is 0.595. The summed E-state index contributed by atoms with van der Waals surface area (Å²) in [7, 11) is 0. The fourth-order valence-corrected chi connectivity index (χ4v) is 2.50. The van der Waals surface area contributed by atoms with Gasteiger partial charge in [-0.1, -0.05) is 13.0 Å². The van der Waals surface area contributed by atoms with Crippen molar-refractivity contribution in [3.05, 3.63) is 23.0 Å². The van der Waals surface area contributed by atoms with E-state index in [1.165, 1.54) is 18.4 Å². The molecule has 0 atom stereocenters. The summed E-state index contributed by atoms with van der Waals surface area (Å²) in [6, 6.07) is 6.74. The zero-order chi connectivity index (χ0) is 11.8. The predicted octanol–water partition coefficient (Wildman–Crippen LogP) is 3.82. The van der Waals surface area contributed by atoms with Gasteiger partial charge in [-0.05, 0) is 43.6 Å². The van der Waals surface area contributed by atoms with Crippen LogP contribution in [0.15, 0.2) is 18.2 Å². The van der Waals surface area contributed by atoms with Crippen LogP contribution in [0.2, 0.25) is 0 Å². The summed E-state index contributed by atoms with van der Waals surface area (Å²) in [5, 5.41) is 0. The number of ether oxygens (including phenoxy) is 1. The summed E-state index contributed by atoms with van der Waals surface area (Å²) in [6.45, 7) is 2.85. The zero-order valence-electron chi connectivity index (χ0n) is 9.90. The van der Waals surface area contributed by atoms with E-state index in [4.69, 9.17) is 17.0 Å². The van der Waals surface area contributed by atoms with Crippen LogP contribution in [0.4, 0.5) is 0 Å². The molecule has 0 spiro atoms. The summed E-state index contributed by atoms with van der Waals surface area (Å²) in [5.41, 5.74) is 2.21. The first kappa shape index (κ1) is 10.8. The number of hydrogen-bond acceptors (Lipinski definition) is 2. The van der Waals surface area contributed by atoms with Crippen LogP contribution in [-0.4, -0.2) is 16.2 Å². The molecule has 0 unspecified atom stereocenters. The Morgan fingerprint density at radius 2 is 2.29 bits per heavy atom. The summed E-state index contributed by atoms with van der Waals surface area (Å²) in [5.74, 6) is 0.912. The highest BCUT2D eigenvalue weighted by molar-refractivity contribution is 7.71. The summed E-state index contributed by atoms with van der Waals surface area (Å²) >= 11 is 5.39. The van der Waals surface area contributed by atoms with Crippen LogP contribution in [0, 0.1) is 4.77 Å². The highest BCUT2D eigenvalue weighted by Crippen LogP contribution is 2.39. The minimum Gasteiger partial charge on any atom is -0.491 e. The molecule has 4 heteroatoms. The second-order valence-electron chi connectivity index (χ2n) is 4.53. The molecule has 0 saturated heterocycles. The molecule has 17 heavy (non-hydrogen) atoms. The molecule has 1 aromatic carbocycles. The Morgan fingerprint density at radius 3 is 3.00 bits per heavy atom. The second-order valence-corrected chi connectivity index (χ2v) is 4.92. The number of H-pyrrole nitrogens is 1. The molecule has 0 bridgehead atoms. The number of hydrogen-bond donors (Lipinski definition) is 1. The third kappa shape index (κ3) is 1.86. The van der Waals surface area contributed by atoms with Gasteiger partial charge in [-0.3, -0.25) is 0 Å². The number of aromatic nitrogens is 2. The van der Waals surface area contributed by atoms with Crippen molar-refractivity contribution in [3.63, 3.8) is 0 Å². The van der Waals surface area contributed by atoms with Gasteiger partial charge in [-0.25, -0.2) is 0 Å². The van der Waals surface area contributed by atoms with Gasteiger partial charge in [0.05, 0.1) is 12.1 Å². The number of rotatable bonds is 4. The number of imidazole rings is 1. The molecule has 1 saturated carbocycles. The maximum Gasteiger partial charge on any atom is 0.178 e. The molecule has 1 fully saturated rings. The Kier molecular flexibility index (Phi) is 2.67. The quantitative estimate of drug-likeness (QED) is 0.834. The molecule has 0 radical (unpaired) electrons. The van der Waals surface area contributed by atoms with Gasteiger partial charge in [0.15, 0.2) is 4.77 Å². The molecule has 0 aliphatic heterocycles. The van der Waals surface area contributed by atoms with Crippen LogP contribution in [0.25, 0.3) is 11.0 Å². The predicted molar refractivity (Wildman–Crippen MR) is 71.2 cm³/mol. The van der Waals surface area contributed by atoms with Gasteiger partial charge in [0.1, 0.15) is 11.3 Å². The topological polar surface area (TPSA) is 29.9 Å². The first-order valence-electron chi connectivity index (χ1n) is 6.17. The highest BCUT2D eigenvalue weighted by atomic mass is 32.1. The fraction of sp³-hybridized carbons (Fsp3) is 0.462. The van der Waals surface area contributed by atoms with Crippen molar-refractivity contribution in [1.29, 1.82) is 0 Å². The van der Waals surface area contributed by atoms with Gasteiger partial charge in [-0.2, -0.15) is 0 Å². The van der Waals surface area contributed by atoms with Crippen molar-refractivity contribution in [1.82, 2.24) is 9.55 Å². The average Bonchev–Trinajstić information content (AvgIpc) is 3.09. The van der Waals surface area contributed by atoms with E-state index in [2.05, 4.69) is 22.5 Å². The Hall–Kier alpha value is -1.29. The van der Waals surface area contributed by atoms with Gasteiger partial charge in [0.25, 0.3) is 0 Å². The molecular formula is C13H16N2OS. The van der Waals surface area contributed by atoms with Crippen LogP contribution in [0.3, 0.4) is 0 Å². The van der Waals surface area contributed by atoms with Crippen LogP contribution < -0.4 is 4.74 Å². The standard InChI is InChI=1S/C13H16N2OS/c1-2-8-16-11-5-3-4-10-12(11)14-13(17)15(10)9-6-7-9/h3-5,9H,2,6-8H2,1H3,(H,14,17). The van der Waals surface area contributed by atoms with Crippen molar-refractivity contribution in [2.75, 3.05) is 6.61 Å². The number of nitrogens with one attached hydrogen (secondary N) is 1. The van der Waals surface area contributed by atoms with Crippen molar-refractivity contribution in [2.24, 2.45) is 0 Å². The Labute approximate surface area is 105 Å². The fourth-order valence-electron chi connectivity index (χ4n) is 2.15. The number of benzene rings is 1. The number of para-hydroxylation sites is 1. The van der Waals surface area contributed by atoms with E-state index in [0.717, 1.165) is 29.1 Å². The van der Waals surface area contributed by atoms with Crippen LogP contribution in [-0.2, 0) is 0 Å². The summed E-state index contributed by atoms with van der Waals surface area (Å²) in [4.78, 5) is 3.28. The molecule has 3 nitrogen and oxygen atoms in total. The highest BCUT2D eigenvalue weighted by Gasteiger charge is 2.26. The monoisotopic (exact) mass is 248 g/mol. The van der Waals surface area contributed by atoms with E-state index < -0.39 is 0 Å². The van der Waals surface area contributed by atoms with E-state index in [0.29, 0.717) is 6.04 Å². The van der Waals surface area contributed by atoms with Gasteiger partial charge < -0.3 is 14.3 Å². The van der Waals surface area contributed by atoms with Gasteiger partial charge in [-0.15, -0.1) is 0 Å². The van der Waals surface area contributed by atoms with E-state index in [1.54, 1.807) is 0 Å². The smallest absolute Gasteiger partial charge is 0.178 e. The van der Waals surface area contributed by atoms with Gasteiger partial charge in [0.2, 0.25) is 0 Å². The Balaban J connectivity index is 2.13. The van der Waals surface area contributed by atoms with Gasteiger partial charge in [0, 0.05) is 6.04 Å². The SMILES string of the molecule is CCCOc1cccc2c1[nH]c(=S)n2C1CC1. The molecular weight excluding hydrogens is 232 g/mol. The first-order chi connectivity index (χ1) is 8.31. The number of nitrogens with zero attached hydrogens (tertiary/aromatic N) is 1. The first-order valence-corrected chi connectivity index (χ1v) is 6.58. The lowest BCUT2D eigenvalue weighted by Gasteiger charge is -2.06. The van der Waals surface area contributed by atoms with E-state index in [9.17, 15) is 0 Å². The van der Waals surface area contributed by atoms with Crippen LogP contribution in [0.5, 0.6) is 5.75 Å². The third-order valence-electron chi connectivity index (χ3n) is 3.09. The lowest BCUT2D eigenvalue weighted by atomic mass is 10.3. The molecule has 3 rings (SSSR count). The lowest BCUT2D eigenvalue weighted by Crippen LogP contribution is -1.96. The van der Waals surface area contributed by atoms with Crippen LogP contribution >= 0.6 is 12.2 Å². The Bertz CT molecular complexity index is 595. The lowest BCUT2D eigenvalue weighted by molar-refractivity contribution is 0.320. The van der Waals surface area contributed by atoms with E-state index in [-0.39, 0.29) is 0 Å². The van der Waals surface area contributed by atoms with E-state index in [1.807, 2.05) is 12.1 Å². The van der Waals surface area contributed by atoms with Crippen molar-refractivity contribution >= 4 is 23.3 Å². The summed E-state index contributed by atoms with van der Waals surface area (Å²) in [6.07, 6.45) is 3.49. The second kappa shape index (κ2) is 4.18. The molecule has 1 N–H and O–H groups in total. The maximum absolute atomic E-state index is 5.75. The molecule has 2 aromatic rings. The van der Waals surface area contributed by atoms with Crippen molar-refractivity contribution in [3.8, 4) is 5.75 Å². The summed E-state index contributed by atoms with van der Waals surface area (Å²) < 4.78 is 8.79.